The molecular weight excluding hydrogens is 397 g/mol. The first-order valence-electron chi connectivity index (χ1n) is 8.87. The highest BCUT2D eigenvalue weighted by Gasteiger charge is 2.29. The van der Waals surface area contributed by atoms with Crippen molar-refractivity contribution in [1.82, 2.24) is 4.90 Å². The van der Waals surface area contributed by atoms with Crippen molar-refractivity contribution in [2.75, 3.05) is 25.0 Å². The Hall–Kier alpha value is -3.23. The summed E-state index contributed by atoms with van der Waals surface area (Å²) in [5.74, 6) is -1.21. The number of quaternary nitrogens is 1. The van der Waals surface area contributed by atoms with Crippen LogP contribution in [0.4, 0.5) is 14.9 Å². The molecule has 3 rings (SSSR count). The highest BCUT2D eigenvalue weighted by atomic mass is 35.5. The van der Waals surface area contributed by atoms with E-state index in [2.05, 4.69) is 5.32 Å². The average Bonchev–Trinajstić information content (AvgIpc) is 2.68. The number of rotatable bonds is 4. The lowest BCUT2D eigenvalue weighted by Gasteiger charge is -2.28. The van der Waals surface area contributed by atoms with Crippen LogP contribution in [-0.4, -0.2) is 42.2 Å². The van der Waals surface area contributed by atoms with E-state index in [1.54, 1.807) is 35.6 Å². The minimum Gasteiger partial charge on any atom is -0.365 e. The average molecular weight is 417 g/mol. The van der Waals surface area contributed by atoms with Crippen LogP contribution >= 0.6 is 11.6 Å². The molecule has 0 saturated carbocycles. The Kier molecular flexibility index (Phi) is 6.26. The maximum Gasteiger partial charge on any atom is 0.322 e. The maximum absolute atomic E-state index is 13.3. The van der Waals surface area contributed by atoms with Crippen LogP contribution in [0.1, 0.15) is 5.56 Å². The standard InChI is InChI=1S/C20H19ClFN5O2/c21-13-4-1-3-12(9-13)18(23)17(19(24)28)16-11-27(8-7-25-16)20(29)26-15-6-2-5-14(22)10-15/h1-6,9-10,23,25H,7-8,11H2,(H2,24,28)(H,26,29)/p+1/b17-16+,23-18?. The Morgan fingerprint density at radius 2 is 1.97 bits per heavy atom. The summed E-state index contributed by atoms with van der Waals surface area (Å²) in [7, 11) is 0. The highest BCUT2D eigenvalue weighted by molar-refractivity contribution is 6.32. The number of carbonyl (C=O) groups is 2. The Morgan fingerprint density at radius 3 is 2.66 bits per heavy atom. The molecule has 7 nitrogen and oxygen atoms in total. The van der Waals surface area contributed by atoms with Crippen LogP contribution in [0.2, 0.25) is 5.02 Å². The molecule has 0 aromatic heterocycles. The molecule has 6 N–H and O–H groups in total. The van der Waals surface area contributed by atoms with E-state index in [1.807, 2.05) is 0 Å². The van der Waals surface area contributed by atoms with Gasteiger partial charge in [0.2, 0.25) is 0 Å². The number of anilines is 1. The second kappa shape index (κ2) is 8.85. The van der Waals surface area contributed by atoms with Crippen molar-refractivity contribution >= 4 is 34.9 Å². The predicted octanol–water partition coefficient (Wildman–Crippen LogP) is 1.70. The van der Waals surface area contributed by atoms with Crippen LogP contribution in [0.15, 0.2) is 59.8 Å². The van der Waals surface area contributed by atoms with Gasteiger partial charge in [-0.3, -0.25) is 10.2 Å². The minimum atomic E-state index is -0.756. The third-order valence-corrected chi connectivity index (χ3v) is 4.68. The van der Waals surface area contributed by atoms with Crippen LogP contribution in [-0.2, 0) is 4.79 Å². The van der Waals surface area contributed by atoms with Gasteiger partial charge < -0.3 is 21.3 Å². The molecule has 1 aliphatic heterocycles. The van der Waals surface area contributed by atoms with E-state index in [4.69, 9.17) is 22.7 Å². The molecule has 0 unspecified atom stereocenters. The van der Waals surface area contributed by atoms with E-state index in [9.17, 15) is 14.0 Å². The summed E-state index contributed by atoms with van der Waals surface area (Å²) in [5.41, 5.74) is 6.81. The Bertz CT molecular complexity index is 1010. The SMILES string of the molecule is N=C(/C(C(N)=O)=C1/CN(C(=O)Nc2cccc(F)c2)CC[NH2+]1)c1cccc(Cl)c1. The number of hydrogen-bond donors (Lipinski definition) is 4. The Morgan fingerprint density at radius 1 is 1.21 bits per heavy atom. The van der Waals surface area contributed by atoms with Crippen LogP contribution in [0.3, 0.4) is 0 Å². The fourth-order valence-electron chi connectivity index (χ4n) is 3.10. The molecule has 0 aliphatic carbocycles. The van der Waals surface area contributed by atoms with Crippen LogP contribution < -0.4 is 16.4 Å². The first-order chi connectivity index (χ1) is 13.8. The van der Waals surface area contributed by atoms with Gasteiger partial charge in [-0.1, -0.05) is 29.8 Å². The summed E-state index contributed by atoms with van der Waals surface area (Å²) < 4.78 is 13.3. The third-order valence-electron chi connectivity index (χ3n) is 4.44. The largest absolute Gasteiger partial charge is 0.365 e. The summed E-state index contributed by atoms with van der Waals surface area (Å²) in [6.07, 6.45) is 0. The minimum absolute atomic E-state index is 0.0375. The smallest absolute Gasteiger partial charge is 0.322 e. The van der Waals surface area contributed by atoms with E-state index in [-0.39, 0.29) is 17.8 Å². The van der Waals surface area contributed by atoms with Gasteiger partial charge in [0.1, 0.15) is 17.1 Å². The van der Waals surface area contributed by atoms with Crippen molar-refractivity contribution in [3.8, 4) is 0 Å². The topological polar surface area (TPSA) is 116 Å². The Balaban J connectivity index is 1.83. The zero-order valence-corrected chi connectivity index (χ0v) is 16.2. The van der Waals surface area contributed by atoms with Gasteiger partial charge in [-0.25, -0.2) is 9.18 Å². The normalized spacial score (nSPS) is 15.6. The van der Waals surface area contributed by atoms with Gasteiger partial charge in [-0.2, -0.15) is 0 Å². The number of halogens is 2. The van der Waals surface area contributed by atoms with Crippen LogP contribution in [0.5, 0.6) is 0 Å². The first-order valence-corrected chi connectivity index (χ1v) is 9.25. The number of primary amides is 1. The van der Waals surface area contributed by atoms with Crippen molar-refractivity contribution < 1.29 is 19.3 Å². The van der Waals surface area contributed by atoms with Crippen molar-refractivity contribution in [2.45, 2.75) is 0 Å². The molecule has 29 heavy (non-hydrogen) atoms. The van der Waals surface area contributed by atoms with E-state index in [0.29, 0.717) is 35.1 Å². The number of nitrogens with zero attached hydrogens (tertiary/aromatic N) is 1. The van der Waals surface area contributed by atoms with Crippen molar-refractivity contribution in [1.29, 1.82) is 5.41 Å². The zero-order chi connectivity index (χ0) is 21.0. The quantitative estimate of drug-likeness (QED) is 0.448. The van der Waals surface area contributed by atoms with Crippen LogP contribution in [0.25, 0.3) is 0 Å². The molecule has 0 radical (unpaired) electrons. The molecule has 2 aromatic carbocycles. The number of piperazine rings is 1. The van der Waals surface area contributed by atoms with Gasteiger partial charge in [0.15, 0.2) is 0 Å². The third kappa shape index (κ3) is 4.98. The molecule has 0 bridgehead atoms. The monoisotopic (exact) mass is 416 g/mol. The lowest BCUT2D eigenvalue weighted by molar-refractivity contribution is -0.615. The summed E-state index contributed by atoms with van der Waals surface area (Å²) in [5, 5.41) is 13.3. The molecule has 2 aromatic rings. The zero-order valence-electron chi connectivity index (χ0n) is 15.4. The number of amides is 3. The molecule has 3 amide bonds. The summed E-state index contributed by atoms with van der Waals surface area (Å²) in [6, 6.07) is 11.7. The number of nitrogens with one attached hydrogen (secondary N) is 2. The Labute approximate surface area is 171 Å². The number of nitrogens with two attached hydrogens (primary N) is 2. The van der Waals surface area contributed by atoms with Crippen molar-refractivity contribution in [3.05, 3.63) is 76.2 Å². The van der Waals surface area contributed by atoms with Gasteiger partial charge >= 0.3 is 6.03 Å². The van der Waals surface area contributed by atoms with E-state index >= 15 is 0 Å². The molecule has 0 spiro atoms. The molecule has 1 saturated heterocycles. The van der Waals surface area contributed by atoms with E-state index in [1.165, 1.54) is 23.1 Å². The fraction of sp³-hybridized carbons (Fsp3) is 0.150. The van der Waals surface area contributed by atoms with Gasteiger partial charge in [0.25, 0.3) is 5.91 Å². The molecule has 1 aliphatic rings. The van der Waals surface area contributed by atoms with Gasteiger partial charge in [0, 0.05) is 16.3 Å². The number of hydrogen-bond acceptors (Lipinski definition) is 3. The summed E-state index contributed by atoms with van der Waals surface area (Å²) >= 11 is 5.99. The molecule has 0 atom stereocenters. The first kappa shape index (κ1) is 20.5. The van der Waals surface area contributed by atoms with Crippen molar-refractivity contribution in [3.63, 3.8) is 0 Å². The van der Waals surface area contributed by atoms with E-state index in [0.717, 1.165) is 0 Å². The molecular formula is C20H20ClFN5O2+. The summed E-state index contributed by atoms with van der Waals surface area (Å²) in [4.78, 5) is 26.2. The molecule has 1 heterocycles. The maximum atomic E-state index is 13.3. The fourth-order valence-corrected chi connectivity index (χ4v) is 3.29. The van der Waals surface area contributed by atoms with Gasteiger partial charge in [0.05, 0.1) is 25.3 Å². The second-order valence-corrected chi connectivity index (χ2v) is 6.94. The van der Waals surface area contributed by atoms with Crippen molar-refractivity contribution in [2.24, 2.45) is 5.73 Å². The lowest BCUT2D eigenvalue weighted by Crippen LogP contribution is -2.88. The number of carbonyl (C=O) groups excluding carboxylic acids is 2. The summed E-state index contributed by atoms with van der Waals surface area (Å²) in [6.45, 7) is 1.01. The molecule has 9 heteroatoms. The molecule has 150 valence electrons. The number of urea groups is 1. The van der Waals surface area contributed by atoms with Gasteiger partial charge in [-0.15, -0.1) is 0 Å². The molecule has 1 fully saturated rings. The van der Waals surface area contributed by atoms with E-state index < -0.39 is 17.8 Å². The van der Waals surface area contributed by atoms with Crippen LogP contribution in [0, 0.1) is 11.2 Å². The highest BCUT2D eigenvalue weighted by Crippen LogP contribution is 2.17. The second-order valence-electron chi connectivity index (χ2n) is 6.50. The van der Waals surface area contributed by atoms with Gasteiger partial charge in [-0.05, 0) is 30.3 Å². The number of benzene rings is 2. The predicted molar refractivity (Wildman–Crippen MR) is 108 cm³/mol. The lowest BCUT2D eigenvalue weighted by atomic mass is 9.99.